The Morgan fingerprint density at radius 2 is 2.20 bits per heavy atom. The lowest BCUT2D eigenvalue weighted by molar-refractivity contribution is -0.137. The third kappa shape index (κ3) is 2.83. The van der Waals surface area contributed by atoms with Gasteiger partial charge < -0.3 is 14.4 Å². The van der Waals surface area contributed by atoms with E-state index in [4.69, 9.17) is 9.52 Å². The summed E-state index contributed by atoms with van der Waals surface area (Å²) in [6.07, 6.45) is 1.38. The van der Waals surface area contributed by atoms with Crippen molar-refractivity contribution < 1.29 is 19.1 Å². The standard InChI is InChI=1S/C10H13NO4/c1-7-8(4-6-15-7)10(14)11(2)5-3-9(12)13/h4,6H,3,5H2,1-2H3,(H,12,13). The lowest BCUT2D eigenvalue weighted by atomic mass is 10.2. The van der Waals surface area contributed by atoms with Gasteiger partial charge in [-0.2, -0.15) is 0 Å². The Balaban J connectivity index is 2.61. The molecule has 0 unspecified atom stereocenters. The molecule has 1 N–H and O–H groups in total. The van der Waals surface area contributed by atoms with E-state index in [0.29, 0.717) is 11.3 Å². The molecule has 1 aromatic heterocycles. The van der Waals surface area contributed by atoms with Crippen LogP contribution in [0.4, 0.5) is 0 Å². The van der Waals surface area contributed by atoms with Crippen LogP contribution in [-0.4, -0.2) is 35.5 Å². The van der Waals surface area contributed by atoms with Gasteiger partial charge in [0.25, 0.3) is 5.91 Å². The number of hydrogen-bond acceptors (Lipinski definition) is 3. The monoisotopic (exact) mass is 211 g/mol. The zero-order chi connectivity index (χ0) is 11.4. The maximum atomic E-state index is 11.7. The lowest BCUT2D eigenvalue weighted by Gasteiger charge is -2.15. The second-order valence-corrected chi connectivity index (χ2v) is 3.26. The molecule has 0 aliphatic rings. The average Bonchev–Trinajstić information content (AvgIpc) is 2.59. The molecule has 0 atom stereocenters. The number of rotatable bonds is 4. The number of nitrogens with zero attached hydrogens (tertiary/aromatic N) is 1. The first-order chi connectivity index (χ1) is 7.02. The molecule has 0 aliphatic carbocycles. The van der Waals surface area contributed by atoms with Gasteiger partial charge >= 0.3 is 5.97 Å². The van der Waals surface area contributed by atoms with Crippen LogP contribution < -0.4 is 0 Å². The number of furan rings is 1. The van der Waals surface area contributed by atoms with E-state index in [9.17, 15) is 9.59 Å². The number of carboxylic acid groups (broad SMARTS) is 1. The van der Waals surface area contributed by atoms with Crippen LogP contribution in [0, 0.1) is 6.92 Å². The third-order valence-electron chi connectivity index (χ3n) is 2.10. The highest BCUT2D eigenvalue weighted by atomic mass is 16.4. The topological polar surface area (TPSA) is 70.8 Å². The van der Waals surface area contributed by atoms with E-state index in [-0.39, 0.29) is 18.9 Å². The molecule has 15 heavy (non-hydrogen) atoms. The van der Waals surface area contributed by atoms with Crippen molar-refractivity contribution in [1.29, 1.82) is 0 Å². The van der Waals surface area contributed by atoms with Crippen molar-refractivity contribution in [2.24, 2.45) is 0 Å². The summed E-state index contributed by atoms with van der Waals surface area (Å²) in [4.78, 5) is 23.4. The molecular formula is C10H13NO4. The van der Waals surface area contributed by atoms with Crippen molar-refractivity contribution in [1.82, 2.24) is 4.90 Å². The van der Waals surface area contributed by atoms with Crippen molar-refractivity contribution in [2.45, 2.75) is 13.3 Å². The molecule has 0 aromatic carbocycles. The van der Waals surface area contributed by atoms with E-state index >= 15 is 0 Å². The Hall–Kier alpha value is -1.78. The molecule has 5 heteroatoms. The molecule has 0 saturated carbocycles. The quantitative estimate of drug-likeness (QED) is 0.810. The smallest absolute Gasteiger partial charge is 0.305 e. The van der Waals surface area contributed by atoms with Gasteiger partial charge in [0.2, 0.25) is 0 Å². The molecule has 0 bridgehead atoms. The molecule has 0 spiro atoms. The Morgan fingerprint density at radius 1 is 1.53 bits per heavy atom. The minimum Gasteiger partial charge on any atom is -0.481 e. The number of aliphatic carboxylic acids is 1. The van der Waals surface area contributed by atoms with Gasteiger partial charge in [0.15, 0.2) is 0 Å². The fourth-order valence-corrected chi connectivity index (χ4v) is 1.18. The van der Waals surface area contributed by atoms with E-state index in [1.807, 2.05) is 0 Å². The second kappa shape index (κ2) is 4.63. The minimum atomic E-state index is -0.918. The average molecular weight is 211 g/mol. The lowest BCUT2D eigenvalue weighted by Crippen LogP contribution is -2.29. The fraction of sp³-hybridized carbons (Fsp3) is 0.400. The normalized spacial score (nSPS) is 10.0. The first-order valence-electron chi connectivity index (χ1n) is 4.53. The molecule has 1 amide bonds. The van der Waals surface area contributed by atoms with E-state index in [2.05, 4.69) is 0 Å². The highest BCUT2D eigenvalue weighted by Crippen LogP contribution is 2.11. The summed E-state index contributed by atoms with van der Waals surface area (Å²) in [6, 6.07) is 1.58. The summed E-state index contributed by atoms with van der Waals surface area (Å²) in [6.45, 7) is 1.89. The van der Waals surface area contributed by atoms with Crippen molar-refractivity contribution in [3.8, 4) is 0 Å². The molecule has 0 aliphatic heterocycles. The molecule has 1 aromatic rings. The van der Waals surface area contributed by atoms with Gasteiger partial charge in [-0.05, 0) is 13.0 Å². The number of amides is 1. The van der Waals surface area contributed by atoms with Crippen LogP contribution in [-0.2, 0) is 4.79 Å². The van der Waals surface area contributed by atoms with Gasteiger partial charge in [-0.15, -0.1) is 0 Å². The number of carbonyl (C=O) groups is 2. The number of hydrogen-bond donors (Lipinski definition) is 1. The molecule has 0 saturated heterocycles. The van der Waals surface area contributed by atoms with Crippen LogP contribution in [0.1, 0.15) is 22.5 Å². The summed E-state index contributed by atoms with van der Waals surface area (Å²) >= 11 is 0. The van der Waals surface area contributed by atoms with Crippen molar-refractivity contribution in [3.63, 3.8) is 0 Å². The minimum absolute atomic E-state index is 0.0564. The fourth-order valence-electron chi connectivity index (χ4n) is 1.18. The van der Waals surface area contributed by atoms with Gasteiger partial charge in [0.1, 0.15) is 5.76 Å². The van der Waals surface area contributed by atoms with Gasteiger partial charge in [-0.25, -0.2) is 0 Å². The van der Waals surface area contributed by atoms with Gasteiger partial charge in [0.05, 0.1) is 18.2 Å². The molecule has 0 radical (unpaired) electrons. The van der Waals surface area contributed by atoms with Crippen LogP contribution in [0.15, 0.2) is 16.7 Å². The summed E-state index contributed by atoms with van der Waals surface area (Å²) in [7, 11) is 1.57. The molecule has 0 fully saturated rings. The summed E-state index contributed by atoms with van der Waals surface area (Å²) in [5, 5.41) is 8.47. The second-order valence-electron chi connectivity index (χ2n) is 3.26. The van der Waals surface area contributed by atoms with Crippen LogP contribution in [0.25, 0.3) is 0 Å². The summed E-state index contributed by atoms with van der Waals surface area (Å²) in [5.74, 6) is -0.594. The van der Waals surface area contributed by atoms with Crippen molar-refractivity contribution in [3.05, 3.63) is 23.7 Å². The van der Waals surface area contributed by atoms with Gasteiger partial charge in [0, 0.05) is 13.6 Å². The Bertz CT molecular complexity index is 369. The number of carboxylic acids is 1. The predicted octanol–water partition coefficient (Wildman–Crippen LogP) is 1.13. The van der Waals surface area contributed by atoms with E-state index in [0.717, 1.165) is 0 Å². The predicted molar refractivity (Wildman–Crippen MR) is 52.7 cm³/mol. The summed E-state index contributed by atoms with van der Waals surface area (Å²) in [5.41, 5.74) is 0.475. The van der Waals surface area contributed by atoms with Gasteiger partial charge in [-0.3, -0.25) is 9.59 Å². The Kier molecular flexibility index (Phi) is 3.49. The molecule has 82 valence electrons. The first kappa shape index (κ1) is 11.3. The number of aryl methyl sites for hydroxylation is 1. The summed E-state index contributed by atoms with van der Waals surface area (Å²) < 4.78 is 5.00. The van der Waals surface area contributed by atoms with Crippen LogP contribution in [0.3, 0.4) is 0 Å². The molecule has 1 rings (SSSR count). The number of carbonyl (C=O) groups excluding carboxylic acids is 1. The van der Waals surface area contributed by atoms with Crippen molar-refractivity contribution in [2.75, 3.05) is 13.6 Å². The molecule has 1 heterocycles. The largest absolute Gasteiger partial charge is 0.481 e. The highest BCUT2D eigenvalue weighted by molar-refractivity contribution is 5.95. The zero-order valence-electron chi connectivity index (χ0n) is 8.69. The zero-order valence-corrected chi connectivity index (χ0v) is 8.69. The SMILES string of the molecule is Cc1occc1C(=O)N(C)CCC(=O)O. The third-order valence-corrected chi connectivity index (χ3v) is 2.10. The molecular weight excluding hydrogens is 198 g/mol. The van der Waals surface area contributed by atoms with Crippen LogP contribution in [0.5, 0.6) is 0 Å². The van der Waals surface area contributed by atoms with Crippen molar-refractivity contribution >= 4 is 11.9 Å². The maximum Gasteiger partial charge on any atom is 0.305 e. The van der Waals surface area contributed by atoms with E-state index < -0.39 is 5.97 Å². The van der Waals surface area contributed by atoms with Crippen LogP contribution in [0.2, 0.25) is 0 Å². The van der Waals surface area contributed by atoms with Gasteiger partial charge in [-0.1, -0.05) is 0 Å². The van der Waals surface area contributed by atoms with E-state index in [1.54, 1.807) is 20.0 Å². The Labute approximate surface area is 87.3 Å². The van der Waals surface area contributed by atoms with Crippen LogP contribution >= 0.6 is 0 Å². The molecule has 5 nitrogen and oxygen atoms in total. The maximum absolute atomic E-state index is 11.7. The highest BCUT2D eigenvalue weighted by Gasteiger charge is 2.16. The van der Waals surface area contributed by atoms with E-state index in [1.165, 1.54) is 11.2 Å². The Morgan fingerprint density at radius 3 is 2.67 bits per heavy atom. The first-order valence-corrected chi connectivity index (χ1v) is 4.53.